The highest BCUT2D eigenvalue weighted by Crippen LogP contribution is 2.19. The van der Waals surface area contributed by atoms with Crippen molar-refractivity contribution in [3.8, 4) is 0 Å². The van der Waals surface area contributed by atoms with Crippen LogP contribution in [0.3, 0.4) is 0 Å². The van der Waals surface area contributed by atoms with Gasteiger partial charge in [-0.2, -0.15) is 13.2 Å². The van der Waals surface area contributed by atoms with Crippen LogP contribution in [0.4, 0.5) is 13.2 Å². The molecule has 6 amide bonds. The first-order chi connectivity index (χ1) is 26.6. The summed E-state index contributed by atoms with van der Waals surface area (Å²) < 4.78 is 31.7. The van der Waals surface area contributed by atoms with Gasteiger partial charge in [-0.1, -0.05) is 0 Å². The van der Waals surface area contributed by atoms with E-state index in [9.17, 15) is 66.8 Å². The number of aliphatic hydroxyl groups excluding tert-OH is 1. The molecule has 0 aromatic heterocycles. The van der Waals surface area contributed by atoms with Gasteiger partial charge in [-0.3, -0.25) is 38.6 Å². The van der Waals surface area contributed by atoms with Gasteiger partial charge in [0.1, 0.15) is 30.2 Å². The fourth-order valence-corrected chi connectivity index (χ4v) is 4.92. The van der Waals surface area contributed by atoms with Crippen LogP contribution < -0.4 is 49.5 Å². The Hall–Kier alpha value is -5.83. The predicted octanol–water partition coefficient (Wildman–Crippen LogP) is -5.64. The lowest BCUT2D eigenvalue weighted by molar-refractivity contribution is -0.192. The van der Waals surface area contributed by atoms with Crippen molar-refractivity contribution in [2.45, 2.75) is 87.8 Å². The molecule has 57 heavy (non-hydrogen) atoms. The van der Waals surface area contributed by atoms with E-state index in [1.54, 1.807) is 0 Å². The van der Waals surface area contributed by atoms with Crippen LogP contribution in [0, 0.1) is 0 Å². The molecule has 5 atom stereocenters. The fraction of sp³-hybridized carbons (Fsp3) is 0.667. The SMILES string of the molecule is NCCCC[C@H](NC(=O)[C@@H]1CCCN1C(=O)[C@H](CO)NC(=O)[C@H](CC(=O)O)NC(=O)CNC(=O)[C@H](CCCN=C(N)N)NC(=O)CN)C(=O)O.O=C(O)C(F)(F)F. The van der Waals surface area contributed by atoms with Gasteiger partial charge in [-0.15, -0.1) is 0 Å². The Kier molecular flexibility index (Phi) is 23.4. The number of nitrogens with one attached hydrogen (secondary N) is 5. The topological polar surface area (TPSA) is 414 Å². The van der Waals surface area contributed by atoms with Crippen LogP contribution in [-0.2, 0) is 43.2 Å². The number of aliphatic hydroxyl groups is 1. The Bertz CT molecular complexity index is 1450. The van der Waals surface area contributed by atoms with E-state index >= 15 is 0 Å². The number of carbonyl (C=O) groups excluding carboxylic acids is 6. The lowest BCUT2D eigenvalue weighted by Crippen LogP contribution is -2.59. The number of hydrogen-bond donors (Lipinski definition) is 13. The van der Waals surface area contributed by atoms with E-state index < -0.39 is 116 Å². The number of unbranched alkanes of at least 4 members (excludes halogenated alkanes) is 1. The number of carbonyl (C=O) groups is 9. The van der Waals surface area contributed by atoms with Crippen LogP contribution in [0.5, 0.6) is 0 Å². The first-order valence-corrected chi connectivity index (χ1v) is 17.2. The Labute approximate surface area is 322 Å². The number of aliphatic carboxylic acids is 3. The molecule has 1 heterocycles. The summed E-state index contributed by atoms with van der Waals surface area (Å²) in [5, 5.41) is 47.3. The first kappa shape index (κ1) is 51.2. The molecule has 324 valence electrons. The lowest BCUT2D eigenvalue weighted by Gasteiger charge is -2.29. The Morgan fingerprint density at radius 3 is 1.89 bits per heavy atom. The Balaban J connectivity index is 0.00000407. The molecule has 27 heteroatoms. The van der Waals surface area contributed by atoms with E-state index in [4.69, 9.17) is 32.8 Å². The number of carboxylic acids is 3. The van der Waals surface area contributed by atoms with Crippen LogP contribution in [0.2, 0.25) is 0 Å². The molecule has 0 aromatic carbocycles. The minimum atomic E-state index is -5.08. The monoisotopic (exact) mass is 829 g/mol. The number of halogens is 3. The average Bonchev–Trinajstić information content (AvgIpc) is 3.63. The maximum Gasteiger partial charge on any atom is 0.490 e. The second-order valence-electron chi connectivity index (χ2n) is 12.1. The zero-order chi connectivity index (χ0) is 43.9. The van der Waals surface area contributed by atoms with Gasteiger partial charge >= 0.3 is 24.1 Å². The van der Waals surface area contributed by atoms with E-state index in [0.717, 1.165) is 4.90 Å². The molecule has 0 aliphatic carbocycles. The number of alkyl halides is 3. The summed E-state index contributed by atoms with van der Waals surface area (Å²) in [5.41, 5.74) is 21.3. The first-order valence-electron chi connectivity index (χ1n) is 17.2. The Morgan fingerprint density at radius 1 is 0.789 bits per heavy atom. The molecule has 1 aliphatic rings. The number of nitrogens with two attached hydrogens (primary N) is 4. The van der Waals surface area contributed by atoms with Gasteiger partial charge in [-0.05, 0) is 51.5 Å². The van der Waals surface area contributed by atoms with Crippen molar-refractivity contribution >= 4 is 59.3 Å². The maximum atomic E-state index is 13.3. The number of aliphatic imine (C=N–C) groups is 1. The number of hydrogen-bond acceptors (Lipinski definition) is 13. The second-order valence-corrected chi connectivity index (χ2v) is 12.1. The highest BCUT2D eigenvalue weighted by atomic mass is 19.4. The summed E-state index contributed by atoms with van der Waals surface area (Å²) in [6.45, 7) is -1.61. The number of amides is 6. The fourth-order valence-electron chi connectivity index (χ4n) is 4.92. The summed E-state index contributed by atoms with van der Waals surface area (Å²) in [5.74, 6) is -11.0. The quantitative estimate of drug-likeness (QED) is 0.0259. The molecule has 1 fully saturated rings. The van der Waals surface area contributed by atoms with Crippen molar-refractivity contribution in [1.29, 1.82) is 0 Å². The highest BCUT2D eigenvalue weighted by molar-refractivity contribution is 5.97. The number of guanidine groups is 1. The largest absolute Gasteiger partial charge is 0.490 e. The van der Waals surface area contributed by atoms with Crippen LogP contribution in [0.1, 0.15) is 51.4 Å². The van der Waals surface area contributed by atoms with Crippen molar-refractivity contribution in [1.82, 2.24) is 31.5 Å². The van der Waals surface area contributed by atoms with Gasteiger partial charge < -0.3 is 74.8 Å². The zero-order valence-electron chi connectivity index (χ0n) is 30.6. The normalized spacial score (nSPS) is 15.5. The van der Waals surface area contributed by atoms with E-state index in [1.165, 1.54) is 0 Å². The molecule has 0 bridgehead atoms. The van der Waals surface area contributed by atoms with Crippen molar-refractivity contribution in [2.75, 3.05) is 39.3 Å². The highest BCUT2D eigenvalue weighted by Gasteiger charge is 2.40. The molecular weight excluding hydrogens is 779 g/mol. The van der Waals surface area contributed by atoms with Crippen LogP contribution >= 0.6 is 0 Å². The standard InChI is InChI=1S/C28H49N11O11.C2HF3O2/c29-8-2-1-5-16(27(49)50)37-25(47)19-7-4-10-39(19)26(48)18(14-40)38-24(46)17(11-22(43)44)36-21(42)13-34-23(45)15(35-20(41)12-30)6-3-9-33-28(31)32;3-2(4,5)1(6)7/h15-19,40H,1-14,29-30H2,(H,34,45)(H,35,41)(H,36,42)(H,37,47)(H,38,46)(H,43,44)(H,49,50)(H4,31,32,33);(H,6,7)/t15-,16-,17-,18-,19-;/m0./s1. The van der Waals surface area contributed by atoms with Crippen molar-refractivity contribution in [2.24, 2.45) is 27.9 Å². The molecule has 0 saturated carbocycles. The van der Waals surface area contributed by atoms with Gasteiger partial charge in [0, 0.05) is 13.1 Å². The predicted molar refractivity (Wildman–Crippen MR) is 188 cm³/mol. The second kappa shape index (κ2) is 26.1. The van der Waals surface area contributed by atoms with E-state index in [-0.39, 0.29) is 44.7 Å². The third-order valence-corrected chi connectivity index (χ3v) is 7.68. The third-order valence-electron chi connectivity index (χ3n) is 7.68. The molecule has 24 nitrogen and oxygen atoms in total. The Morgan fingerprint density at radius 2 is 1.39 bits per heavy atom. The van der Waals surface area contributed by atoms with Gasteiger partial charge in [0.15, 0.2) is 5.96 Å². The summed E-state index contributed by atoms with van der Waals surface area (Å²) in [4.78, 5) is 113. The molecule has 0 radical (unpaired) electrons. The number of likely N-dealkylation sites (tertiary alicyclic amines) is 1. The zero-order valence-corrected chi connectivity index (χ0v) is 30.6. The number of nitrogens with zero attached hydrogens (tertiary/aromatic N) is 2. The smallest absolute Gasteiger partial charge is 0.481 e. The molecular formula is C30H50F3N11O13. The summed E-state index contributed by atoms with van der Waals surface area (Å²) in [7, 11) is 0. The molecule has 0 aromatic rings. The van der Waals surface area contributed by atoms with Gasteiger partial charge in [0.05, 0.1) is 26.1 Å². The van der Waals surface area contributed by atoms with Gasteiger partial charge in [-0.25, -0.2) is 9.59 Å². The number of rotatable bonds is 23. The summed E-state index contributed by atoms with van der Waals surface area (Å²) >= 11 is 0. The van der Waals surface area contributed by atoms with E-state index in [2.05, 4.69) is 31.6 Å². The maximum absolute atomic E-state index is 13.3. The van der Waals surface area contributed by atoms with Crippen LogP contribution in [0.15, 0.2) is 4.99 Å². The van der Waals surface area contributed by atoms with E-state index in [0.29, 0.717) is 25.8 Å². The van der Waals surface area contributed by atoms with Crippen molar-refractivity contribution in [3.63, 3.8) is 0 Å². The molecule has 0 unspecified atom stereocenters. The molecule has 1 rings (SSSR count). The molecule has 1 saturated heterocycles. The van der Waals surface area contributed by atoms with Crippen LogP contribution in [0.25, 0.3) is 0 Å². The minimum Gasteiger partial charge on any atom is -0.481 e. The lowest BCUT2D eigenvalue weighted by atomic mass is 10.1. The van der Waals surface area contributed by atoms with Gasteiger partial charge in [0.25, 0.3) is 0 Å². The average molecular weight is 830 g/mol. The molecule has 1 aliphatic heterocycles. The summed E-state index contributed by atoms with van der Waals surface area (Å²) in [6.07, 6.45) is -4.08. The third kappa shape index (κ3) is 20.6. The van der Waals surface area contributed by atoms with Crippen molar-refractivity contribution < 1.29 is 76.7 Å². The number of carboxylic acid groups (broad SMARTS) is 3. The minimum absolute atomic E-state index is 0.0458. The van der Waals surface area contributed by atoms with E-state index in [1.807, 2.05) is 0 Å². The van der Waals surface area contributed by atoms with Crippen molar-refractivity contribution in [3.05, 3.63) is 0 Å². The van der Waals surface area contributed by atoms with Gasteiger partial charge in [0.2, 0.25) is 35.4 Å². The molecule has 0 spiro atoms. The summed E-state index contributed by atoms with van der Waals surface area (Å²) in [6, 6.07) is -6.89. The molecule has 17 N–H and O–H groups in total. The van der Waals surface area contributed by atoms with Crippen LogP contribution in [-0.4, -0.2) is 160 Å².